The van der Waals surface area contributed by atoms with Gasteiger partial charge in [0.15, 0.2) is 0 Å². The van der Waals surface area contributed by atoms with Crippen LogP contribution in [-0.2, 0) is 11.2 Å². The average Bonchev–Trinajstić information content (AvgIpc) is 2.34. The Morgan fingerprint density at radius 3 is 3.06 bits per heavy atom. The van der Waals surface area contributed by atoms with Gasteiger partial charge in [-0.05, 0) is 43.0 Å². The Balaban J connectivity index is 2.04. The van der Waals surface area contributed by atoms with E-state index in [9.17, 15) is 4.79 Å². The van der Waals surface area contributed by atoms with E-state index in [2.05, 4.69) is 15.9 Å². The summed E-state index contributed by atoms with van der Waals surface area (Å²) in [6.07, 6.45) is 2.52. The molecule has 2 N–H and O–H groups in total. The standard InChI is InChI=1S/C14H19BrN2O/c1-10-4-5-12(15)7-11(10)8-14(18)17-6-2-3-13(16)9-17/h4-5,7,13H,2-3,6,8-9,16H2,1H3. The first-order valence-corrected chi connectivity index (χ1v) is 7.14. The van der Waals surface area contributed by atoms with Gasteiger partial charge in [-0.1, -0.05) is 22.0 Å². The summed E-state index contributed by atoms with van der Waals surface area (Å²) in [5, 5.41) is 0. The highest BCUT2D eigenvalue weighted by Gasteiger charge is 2.21. The van der Waals surface area contributed by atoms with E-state index in [1.54, 1.807) is 0 Å². The summed E-state index contributed by atoms with van der Waals surface area (Å²) in [7, 11) is 0. The van der Waals surface area contributed by atoms with Crippen LogP contribution in [0, 0.1) is 6.92 Å². The summed E-state index contributed by atoms with van der Waals surface area (Å²) in [4.78, 5) is 14.1. The molecule has 3 nitrogen and oxygen atoms in total. The van der Waals surface area contributed by atoms with Crippen LogP contribution in [0.2, 0.25) is 0 Å². The van der Waals surface area contributed by atoms with Crippen LogP contribution in [0.5, 0.6) is 0 Å². The maximum Gasteiger partial charge on any atom is 0.227 e. The fourth-order valence-corrected chi connectivity index (χ4v) is 2.75. The van der Waals surface area contributed by atoms with Crippen molar-refractivity contribution < 1.29 is 4.79 Å². The maximum absolute atomic E-state index is 12.2. The molecule has 1 aromatic rings. The number of hydrogen-bond donors (Lipinski definition) is 1. The Bertz CT molecular complexity index is 447. The second kappa shape index (κ2) is 5.85. The van der Waals surface area contributed by atoms with Crippen molar-refractivity contribution >= 4 is 21.8 Å². The molecule has 4 heteroatoms. The first-order chi connectivity index (χ1) is 8.56. The molecule has 0 spiro atoms. The van der Waals surface area contributed by atoms with Crippen molar-refractivity contribution in [1.29, 1.82) is 0 Å². The van der Waals surface area contributed by atoms with Crippen LogP contribution in [0.4, 0.5) is 0 Å². The molecule has 1 aromatic carbocycles. The van der Waals surface area contributed by atoms with E-state index in [0.717, 1.165) is 35.0 Å². The molecule has 0 bridgehead atoms. The summed E-state index contributed by atoms with van der Waals surface area (Å²) in [6, 6.07) is 6.21. The Hall–Kier alpha value is -0.870. The summed E-state index contributed by atoms with van der Waals surface area (Å²) in [6.45, 7) is 3.59. The van der Waals surface area contributed by atoms with Crippen molar-refractivity contribution in [2.75, 3.05) is 13.1 Å². The number of amides is 1. The lowest BCUT2D eigenvalue weighted by Crippen LogP contribution is -2.46. The molecule has 2 rings (SSSR count). The first-order valence-electron chi connectivity index (χ1n) is 6.34. The summed E-state index contributed by atoms with van der Waals surface area (Å²) < 4.78 is 1.02. The highest BCUT2D eigenvalue weighted by molar-refractivity contribution is 9.10. The van der Waals surface area contributed by atoms with Crippen LogP contribution < -0.4 is 5.73 Å². The molecule has 0 saturated carbocycles. The van der Waals surface area contributed by atoms with E-state index < -0.39 is 0 Å². The van der Waals surface area contributed by atoms with Crippen molar-refractivity contribution in [3.8, 4) is 0 Å². The van der Waals surface area contributed by atoms with Gasteiger partial charge in [0.25, 0.3) is 0 Å². The Labute approximate surface area is 116 Å². The molecule has 1 aliphatic rings. The Morgan fingerprint density at radius 1 is 1.56 bits per heavy atom. The molecule has 1 heterocycles. The maximum atomic E-state index is 12.2. The molecular weight excluding hydrogens is 292 g/mol. The number of piperidine rings is 1. The lowest BCUT2D eigenvalue weighted by Gasteiger charge is -2.31. The molecule has 1 aliphatic heterocycles. The summed E-state index contributed by atoms with van der Waals surface area (Å²) >= 11 is 3.45. The minimum absolute atomic E-state index is 0.145. The predicted octanol–water partition coefficient (Wildman–Crippen LogP) is 2.25. The third kappa shape index (κ3) is 3.33. The predicted molar refractivity (Wildman–Crippen MR) is 76.4 cm³/mol. The van der Waals surface area contributed by atoms with Crippen molar-refractivity contribution in [1.82, 2.24) is 4.90 Å². The highest BCUT2D eigenvalue weighted by atomic mass is 79.9. The number of likely N-dealkylation sites (tertiary alicyclic amines) is 1. The van der Waals surface area contributed by atoms with Crippen LogP contribution >= 0.6 is 15.9 Å². The number of halogens is 1. The smallest absolute Gasteiger partial charge is 0.227 e. The summed E-state index contributed by atoms with van der Waals surface area (Å²) in [5.41, 5.74) is 8.16. The number of nitrogens with two attached hydrogens (primary N) is 1. The van der Waals surface area contributed by atoms with Crippen LogP contribution in [0.3, 0.4) is 0 Å². The van der Waals surface area contributed by atoms with Gasteiger partial charge in [0.05, 0.1) is 6.42 Å². The summed E-state index contributed by atoms with van der Waals surface area (Å²) in [5.74, 6) is 0.186. The van der Waals surface area contributed by atoms with E-state index in [4.69, 9.17) is 5.73 Å². The van der Waals surface area contributed by atoms with E-state index in [-0.39, 0.29) is 11.9 Å². The third-order valence-electron chi connectivity index (χ3n) is 3.46. The van der Waals surface area contributed by atoms with Gasteiger partial charge in [-0.3, -0.25) is 4.79 Å². The topological polar surface area (TPSA) is 46.3 Å². The van der Waals surface area contributed by atoms with Crippen LogP contribution in [0.1, 0.15) is 24.0 Å². The molecule has 1 atom stereocenters. The van der Waals surface area contributed by atoms with Crippen LogP contribution in [0.25, 0.3) is 0 Å². The largest absolute Gasteiger partial charge is 0.341 e. The number of hydrogen-bond acceptors (Lipinski definition) is 2. The van der Waals surface area contributed by atoms with Crippen molar-refractivity contribution in [3.63, 3.8) is 0 Å². The zero-order chi connectivity index (χ0) is 13.1. The van der Waals surface area contributed by atoms with Gasteiger partial charge in [-0.2, -0.15) is 0 Å². The lowest BCUT2D eigenvalue weighted by molar-refractivity contribution is -0.131. The average molecular weight is 311 g/mol. The van der Waals surface area contributed by atoms with Crippen LogP contribution in [0.15, 0.2) is 22.7 Å². The molecule has 0 aliphatic carbocycles. The van der Waals surface area contributed by atoms with Crippen molar-refractivity contribution in [3.05, 3.63) is 33.8 Å². The van der Waals surface area contributed by atoms with Crippen molar-refractivity contribution in [2.24, 2.45) is 5.73 Å². The fraction of sp³-hybridized carbons (Fsp3) is 0.500. The molecule has 1 fully saturated rings. The van der Waals surface area contributed by atoms with E-state index in [1.165, 1.54) is 0 Å². The SMILES string of the molecule is Cc1ccc(Br)cc1CC(=O)N1CCCC(N)C1. The van der Waals surface area contributed by atoms with Gasteiger partial charge in [-0.15, -0.1) is 0 Å². The molecule has 1 saturated heterocycles. The van der Waals surface area contributed by atoms with Gasteiger partial charge in [0, 0.05) is 23.6 Å². The van der Waals surface area contributed by atoms with Gasteiger partial charge in [0.2, 0.25) is 5.91 Å². The van der Waals surface area contributed by atoms with Gasteiger partial charge >= 0.3 is 0 Å². The molecule has 18 heavy (non-hydrogen) atoms. The molecule has 0 aromatic heterocycles. The zero-order valence-corrected chi connectivity index (χ0v) is 12.2. The molecule has 0 radical (unpaired) electrons. The van der Waals surface area contributed by atoms with E-state index in [0.29, 0.717) is 13.0 Å². The highest BCUT2D eigenvalue weighted by Crippen LogP contribution is 2.18. The molecular formula is C14H19BrN2O. The number of benzene rings is 1. The lowest BCUT2D eigenvalue weighted by atomic mass is 10.0. The van der Waals surface area contributed by atoms with E-state index >= 15 is 0 Å². The monoisotopic (exact) mass is 310 g/mol. The van der Waals surface area contributed by atoms with Gasteiger partial charge in [0.1, 0.15) is 0 Å². The zero-order valence-electron chi connectivity index (χ0n) is 10.7. The van der Waals surface area contributed by atoms with Gasteiger partial charge in [-0.25, -0.2) is 0 Å². The van der Waals surface area contributed by atoms with E-state index in [1.807, 2.05) is 30.0 Å². The number of rotatable bonds is 2. The second-order valence-electron chi connectivity index (χ2n) is 4.99. The molecule has 1 unspecified atom stereocenters. The second-order valence-corrected chi connectivity index (χ2v) is 5.91. The fourth-order valence-electron chi connectivity index (χ4n) is 2.34. The minimum atomic E-state index is 0.145. The number of carbonyl (C=O) groups is 1. The number of aryl methyl sites for hydroxylation is 1. The number of carbonyl (C=O) groups excluding carboxylic acids is 1. The first kappa shape index (κ1) is 13.6. The molecule has 98 valence electrons. The van der Waals surface area contributed by atoms with Crippen molar-refractivity contribution in [2.45, 2.75) is 32.2 Å². The number of nitrogens with zero attached hydrogens (tertiary/aromatic N) is 1. The molecule has 1 amide bonds. The Kier molecular flexibility index (Phi) is 4.40. The minimum Gasteiger partial charge on any atom is -0.341 e. The van der Waals surface area contributed by atoms with Crippen LogP contribution in [-0.4, -0.2) is 29.9 Å². The normalized spacial score (nSPS) is 19.9. The Morgan fingerprint density at radius 2 is 2.33 bits per heavy atom. The quantitative estimate of drug-likeness (QED) is 0.910. The van der Waals surface area contributed by atoms with Gasteiger partial charge < -0.3 is 10.6 Å². The third-order valence-corrected chi connectivity index (χ3v) is 3.96.